The van der Waals surface area contributed by atoms with Crippen molar-refractivity contribution in [3.63, 3.8) is 0 Å². The monoisotopic (exact) mass is 299 g/mol. The van der Waals surface area contributed by atoms with Gasteiger partial charge in [0.1, 0.15) is 0 Å². The summed E-state index contributed by atoms with van der Waals surface area (Å²) in [5.41, 5.74) is 2.17. The van der Waals surface area contributed by atoms with Gasteiger partial charge in [0.15, 0.2) is 5.78 Å². The van der Waals surface area contributed by atoms with Crippen molar-refractivity contribution in [1.29, 1.82) is 0 Å². The predicted molar refractivity (Wildman–Crippen MR) is 81.8 cm³/mol. The van der Waals surface area contributed by atoms with Crippen molar-refractivity contribution in [1.82, 2.24) is 5.32 Å². The van der Waals surface area contributed by atoms with Crippen LogP contribution in [0.15, 0.2) is 48.5 Å². The Bertz CT molecular complexity index is 697. The van der Waals surface area contributed by atoms with Gasteiger partial charge in [-0.3, -0.25) is 9.59 Å². The van der Waals surface area contributed by atoms with Crippen LogP contribution < -0.4 is 5.32 Å². The number of Topliss-reactive ketones (excluding diaryl/α,β-unsaturated/α-hetero) is 1. The summed E-state index contributed by atoms with van der Waals surface area (Å²) in [6, 6.07) is 13.7. The van der Waals surface area contributed by atoms with E-state index in [1.165, 1.54) is 0 Å². The lowest BCUT2D eigenvalue weighted by atomic mass is 9.87. The number of aryl methyl sites for hydroxylation is 1. The third-order valence-corrected chi connectivity index (χ3v) is 3.93. The number of hydrogen-bond acceptors (Lipinski definition) is 2. The Morgan fingerprint density at radius 3 is 2.67 bits per heavy atom. The van der Waals surface area contributed by atoms with Crippen molar-refractivity contribution in [3.05, 3.63) is 70.2 Å². The van der Waals surface area contributed by atoms with Crippen molar-refractivity contribution < 1.29 is 9.59 Å². The molecule has 1 aliphatic carbocycles. The Hall–Kier alpha value is -2.13. The lowest BCUT2D eigenvalue weighted by molar-refractivity contribution is 0.0845. The number of benzene rings is 2. The molecule has 1 unspecified atom stereocenters. The molecule has 3 nitrogen and oxygen atoms in total. The topological polar surface area (TPSA) is 46.2 Å². The Labute approximate surface area is 127 Å². The van der Waals surface area contributed by atoms with E-state index in [-0.39, 0.29) is 11.7 Å². The van der Waals surface area contributed by atoms with E-state index in [0.717, 1.165) is 12.0 Å². The summed E-state index contributed by atoms with van der Waals surface area (Å²) in [7, 11) is 0. The zero-order valence-corrected chi connectivity index (χ0v) is 12.1. The first-order chi connectivity index (χ1) is 10.1. The molecule has 0 saturated carbocycles. The number of hydrogen-bond donors (Lipinski definition) is 1. The van der Waals surface area contributed by atoms with Gasteiger partial charge in [-0.2, -0.15) is 0 Å². The van der Waals surface area contributed by atoms with E-state index in [1.807, 2.05) is 12.1 Å². The van der Waals surface area contributed by atoms with Gasteiger partial charge in [0.2, 0.25) is 0 Å². The van der Waals surface area contributed by atoms with Gasteiger partial charge in [0.25, 0.3) is 5.91 Å². The van der Waals surface area contributed by atoms with Gasteiger partial charge in [-0.1, -0.05) is 29.8 Å². The van der Waals surface area contributed by atoms with E-state index in [2.05, 4.69) is 5.32 Å². The van der Waals surface area contributed by atoms with Crippen LogP contribution in [0.2, 0.25) is 5.02 Å². The summed E-state index contributed by atoms with van der Waals surface area (Å²) < 4.78 is 0. The number of carbonyl (C=O) groups excluding carboxylic acids is 2. The number of rotatable bonds is 2. The molecule has 0 saturated heterocycles. The molecule has 3 rings (SSSR count). The highest BCUT2D eigenvalue weighted by Gasteiger charge is 2.28. The normalized spacial score (nSPS) is 17.2. The summed E-state index contributed by atoms with van der Waals surface area (Å²) in [6.07, 6.45) is 1.34. The minimum Gasteiger partial charge on any atom is -0.342 e. The summed E-state index contributed by atoms with van der Waals surface area (Å²) in [5, 5.41) is 3.45. The van der Waals surface area contributed by atoms with Gasteiger partial charge in [-0.05, 0) is 48.7 Å². The van der Waals surface area contributed by atoms with Crippen LogP contribution >= 0.6 is 11.6 Å². The zero-order valence-electron chi connectivity index (χ0n) is 11.3. The molecule has 0 bridgehead atoms. The van der Waals surface area contributed by atoms with Crippen LogP contribution in [0.4, 0.5) is 0 Å². The van der Waals surface area contributed by atoms with Crippen LogP contribution in [-0.2, 0) is 6.42 Å². The van der Waals surface area contributed by atoms with Crippen molar-refractivity contribution in [2.24, 2.45) is 0 Å². The largest absolute Gasteiger partial charge is 0.342 e. The molecule has 0 aromatic heterocycles. The summed E-state index contributed by atoms with van der Waals surface area (Å²) >= 11 is 5.94. The Kier molecular flexibility index (Phi) is 3.76. The molecule has 1 N–H and O–H groups in total. The van der Waals surface area contributed by atoms with E-state index >= 15 is 0 Å². The molecule has 0 fully saturated rings. The molecule has 0 spiro atoms. The molecule has 2 aromatic carbocycles. The lowest BCUT2D eigenvalue weighted by Crippen LogP contribution is -2.43. The Morgan fingerprint density at radius 2 is 1.90 bits per heavy atom. The molecule has 0 aliphatic heterocycles. The van der Waals surface area contributed by atoms with E-state index in [4.69, 9.17) is 11.6 Å². The molecule has 21 heavy (non-hydrogen) atoms. The van der Waals surface area contributed by atoms with Crippen molar-refractivity contribution in [2.45, 2.75) is 18.9 Å². The molecule has 1 aliphatic rings. The smallest absolute Gasteiger partial charge is 0.251 e. The fraction of sp³-hybridized carbons (Fsp3) is 0.176. The molecule has 0 heterocycles. The highest BCUT2D eigenvalue weighted by molar-refractivity contribution is 6.30. The van der Waals surface area contributed by atoms with E-state index in [0.29, 0.717) is 22.6 Å². The number of nitrogens with one attached hydrogen (secondary N) is 1. The molecular weight excluding hydrogens is 286 g/mol. The van der Waals surface area contributed by atoms with E-state index < -0.39 is 6.04 Å². The van der Waals surface area contributed by atoms with E-state index in [9.17, 15) is 9.59 Å². The summed E-state index contributed by atoms with van der Waals surface area (Å²) in [6.45, 7) is 0. The fourth-order valence-corrected chi connectivity index (χ4v) is 2.79. The lowest BCUT2D eigenvalue weighted by Gasteiger charge is -2.24. The van der Waals surface area contributed by atoms with Gasteiger partial charge < -0.3 is 5.32 Å². The average molecular weight is 300 g/mol. The first-order valence-corrected chi connectivity index (χ1v) is 7.21. The zero-order chi connectivity index (χ0) is 14.8. The van der Waals surface area contributed by atoms with Crippen molar-refractivity contribution >= 4 is 23.3 Å². The third-order valence-electron chi connectivity index (χ3n) is 3.69. The maximum absolute atomic E-state index is 12.4. The van der Waals surface area contributed by atoms with Crippen molar-refractivity contribution in [3.8, 4) is 0 Å². The van der Waals surface area contributed by atoms with Crippen LogP contribution in [0.25, 0.3) is 0 Å². The first kappa shape index (κ1) is 13.8. The molecule has 106 valence electrons. The fourth-order valence-electron chi connectivity index (χ4n) is 2.60. The third kappa shape index (κ3) is 2.83. The maximum Gasteiger partial charge on any atom is 0.251 e. The number of amides is 1. The summed E-state index contributed by atoms with van der Waals surface area (Å²) in [5.74, 6) is -0.261. The number of fused-ring (bicyclic) bond motifs is 1. The van der Waals surface area contributed by atoms with Crippen LogP contribution in [0.5, 0.6) is 0 Å². The summed E-state index contributed by atoms with van der Waals surface area (Å²) in [4.78, 5) is 24.6. The molecule has 1 amide bonds. The molecule has 1 atom stereocenters. The first-order valence-electron chi connectivity index (χ1n) is 6.84. The second-order valence-electron chi connectivity index (χ2n) is 5.10. The minimum absolute atomic E-state index is 0.0443. The maximum atomic E-state index is 12.4. The van der Waals surface area contributed by atoms with Crippen LogP contribution in [0, 0.1) is 0 Å². The Morgan fingerprint density at radius 1 is 1.14 bits per heavy atom. The second kappa shape index (κ2) is 5.70. The van der Waals surface area contributed by atoms with Gasteiger partial charge in [0.05, 0.1) is 6.04 Å². The quantitative estimate of drug-likeness (QED) is 0.925. The van der Waals surface area contributed by atoms with Crippen LogP contribution in [-0.4, -0.2) is 17.7 Å². The second-order valence-corrected chi connectivity index (χ2v) is 5.53. The molecule has 2 aromatic rings. The van der Waals surface area contributed by atoms with Gasteiger partial charge in [0, 0.05) is 16.1 Å². The van der Waals surface area contributed by atoms with Gasteiger partial charge in [-0.25, -0.2) is 0 Å². The highest BCUT2D eigenvalue weighted by Crippen LogP contribution is 2.24. The minimum atomic E-state index is -0.466. The standard InChI is InChI=1S/C17H14ClNO2/c18-13-7-8-14-12(10-13)6-9-15(16(14)20)19-17(21)11-4-2-1-3-5-11/h1-5,7-8,10,15H,6,9H2,(H,19,21). The van der Waals surface area contributed by atoms with Crippen LogP contribution in [0.3, 0.4) is 0 Å². The molecule has 4 heteroatoms. The van der Waals surface area contributed by atoms with Crippen molar-refractivity contribution in [2.75, 3.05) is 0 Å². The van der Waals surface area contributed by atoms with Gasteiger partial charge in [-0.15, -0.1) is 0 Å². The van der Waals surface area contributed by atoms with Gasteiger partial charge >= 0.3 is 0 Å². The van der Waals surface area contributed by atoms with E-state index in [1.54, 1.807) is 36.4 Å². The predicted octanol–water partition coefficient (Wildman–Crippen LogP) is 3.27. The molecule has 0 radical (unpaired) electrons. The number of halogens is 1. The highest BCUT2D eigenvalue weighted by atomic mass is 35.5. The molecular formula is C17H14ClNO2. The number of carbonyl (C=O) groups is 2. The Balaban J connectivity index is 1.78. The SMILES string of the molecule is O=C(NC1CCc2cc(Cl)ccc2C1=O)c1ccccc1. The number of ketones is 1. The average Bonchev–Trinajstić information content (AvgIpc) is 2.51. The van der Waals surface area contributed by atoms with Crippen LogP contribution in [0.1, 0.15) is 32.7 Å².